The summed E-state index contributed by atoms with van der Waals surface area (Å²) in [7, 11) is 0. The molecule has 0 fully saturated rings. The van der Waals surface area contributed by atoms with E-state index in [9.17, 15) is 9.59 Å². The smallest absolute Gasteiger partial charge is 0.269 e. The predicted octanol–water partition coefficient (Wildman–Crippen LogP) is 3.59. The van der Waals surface area contributed by atoms with Gasteiger partial charge in [0.05, 0.1) is 10.1 Å². The van der Waals surface area contributed by atoms with E-state index < -0.39 is 6.04 Å². The molecule has 0 unspecified atom stereocenters. The van der Waals surface area contributed by atoms with Gasteiger partial charge in [0.1, 0.15) is 6.04 Å². The van der Waals surface area contributed by atoms with Gasteiger partial charge >= 0.3 is 0 Å². The van der Waals surface area contributed by atoms with Crippen molar-refractivity contribution in [3.8, 4) is 0 Å². The minimum Gasteiger partial charge on any atom is -0.350 e. The van der Waals surface area contributed by atoms with Crippen molar-refractivity contribution in [1.29, 1.82) is 0 Å². The Hall–Kier alpha value is -2.11. The molecule has 0 aliphatic rings. The molecule has 1 aromatic heterocycles. The summed E-state index contributed by atoms with van der Waals surface area (Å²) in [5.41, 5.74) is 0.790. The van der Waals surface area contributed by atoms with Crippen LogP contribution in [0.2, 0.25) is 5.02 Å². The molecular weight excluding hydrogens is 332 g/mol. The molecule has 3 rings (SSSR count). The molecular formula is C17H15ClN2O2S. The lowest BCUT2D eigenvalue weighted by Crippen LogP contribution is -2.33. The highest BCUT2D eigenvalue weighted by molar-refractivity contribution is 7.14. The molecule has 0 bridgehead atoms. The van der Waals surface area contributed by atoms with Crippen LogP contribution in [0, 0.1) is 0 Å². The van der Waals surface area contributed by atoms with Crippen LogP contribution in [0.5, 0.6) is 0 Å². The van der Waals surface area contributed by atoms with E-state index in [0.717, 1.165) is 10.3 Å². The molecule has 4 nitrogen and oxygen atoms in total. The number of amides is 1. The summed E-state index contributed by atoms with van der Waals surface area (Å²) < 4.78 is 2.39. The summed E-state index contributed by atoms with van der Waals surface area (Å²) in [6.07, 6.45) is 0. The van der Waals surface area contributed by atoms with Crippen molar-refractivity contribution in [2.45, 2.75) is 19.5 Å². The van der Waals surface area contributed by atoms with Gasteiger partial charge in [0.25, 0.3) is 5.56 Å². The average Bonchev–Trinajstić information content (AvgIpc) is 2.89. The van der Waals surface area contributed by atoms with E-state index in [1.54, 1.807) is 25.1 Å². The quantitative estimate of drug-likeness (QED) is 0.784. The molecule has 0 saturated carbocycles. The zero-order valence-corrected chi connectivity index (χ0v) is 14.0. The van der Waals surface area contributed by atoms with Gasteiger partial charge in [-0.1, -0.05) is 47.4 Å². The molecule has 1 N–H and O–H groups in total. The van der Waals surface area contributed by atoms with Gasteiger partial charge in [-0.05, 0) is 36.8 Å². The van der Waals surface area contributed by atoms with Crippen LogP contribution in [0.3, 0.4) is 0 Å². The number of carbonyl (C=O) groups is 1. The molecule has 0 spiro atoms. The van der Waals surface area contributed by atoms with Crippen LogP contribution in [-0.4, -0.2) is 9.86 Å². The highest BCUT2D eigenvalue weighted by Gasteiger charge is 2.19. The van der Waals surface area contributed by atoms with E-state index in [0.29, 0.717) is 17.0 Å². The van der Waals surface area contributed by atoms with Gasteiger partial charge in [0, 0.05) is 11.6 Å². The highest BCUT2D eigenvalue weighted by Crippen LogP contribution is 2.19. The molecule has 2 aromatic carbocycles. The first-order chi connectivity index (χ1) is 11.1. The van der Waals surface area contributed by atoms with Crippen molar-refractivity contribution >= 4 is 39.1 Å². The molecule has 0 radical (unpaired) electrons. The van der Waals surface area contributed by atoms with Gasteiger partial charge in [-0.3, -0.25) is 13.5 Å². The van der Waals surface area contributed by atoms with E-state index in [4.69, 9.17) is 11.6 Å². The number of fused-ring (bicyclic) bond motifs is 1. The lowest BCUT2D eigenvalue weighted by Gasteiger charge is -2.12. The molecule has 23 heavy (non-hydrogen) atoms. The first-order valence-corrected chi connectivity index (χ1v) is 8.34. The van der Waals surface area contributed by atoms with Crippen LogP contribution < -0.4 is 10.9 Å². The monoisotopic (exact) mass is 346 g/mol. The summed E-state index contributed by atoms with van der Waals surface area (Å²) in [4.78, 5) is 24.7. The van der Waals surface area contributed by atoms with Crippen LogP contribution >= 0.6 is 23.1 Å². The zero-order valence-electron chi connectivity index (χ0n) is 12.5. The average molecular weight is 347 g/mol. The number of nitrogens with zero attached hydrogens (tertiary/aromatic N) is 1. The first kappa shape index (κ1) is 15.8. The Morgan fingerprint density at radius 3 is 2.78 bits per heavy atom. The van der Waals surface area contributed by atoms with Crippen molar-refractivity contribution < 1.29 is 4.79 Å². The summed E-state index contributed by atoms with van der Waals surface area (Å²) in [5.74, 6) is -0.196. The minimum atomic E-state index is -0.556. The molecule has 0 aliphatic carbocycles. The lowest BCUT2D eigenvalue weighted by molar-refractivity contribution is -0.123. The fourth-order valence-corrected chi connectivity index (χ4v) is 3.59. The van der Waals surface area contributed by atoms with Gasteiger partial charge in [-0.15, -0.1) is 0 Å². The maximum atomic E-state index is 12.4. The van der Waals surface area contributed by atoms with Crippen LogP contribution in [0.25, 0.3) is 10.1 Å². The molecule has 118 valence electrons. The molecule has 1 atom stereocenters. The summed E-state index contributed by atoms with van der Waals surface area (Å²) in [6, 6.07) is 14.1. The molecule has 1 heterocycles. The minimum absolute atomic E-state index is 0.129. The van der Waals surface area contributed by atoms with Gasteiger partial charge in [0.15, 0.2) is 0 Å². The first-order valence-electron chi connectivity index (χ1n) is 7.19. The Morgan fingerprint density at radius 2 is 2.04 bits per heavy atom. The van der Waals surface area contributed by atoms with Crippen molar-refractivity contribution in [2.75, 3.05) is 0 Å². The zero-order chi connectivity index (χ0) is 16.4. The van der Waals surface area contributed by atoms with E-state index >= 15 is 0 Å². The standard InChI is InChI=1S/C17H15ClN2O2S/c1-11(16(21)19-10-12-5-4-6-13(18)9-12)20-17(22)14-7-2-3-8-15(14)23-20/h2-9,11H,10H2,1H3,(H,19,21)/t11-/m1/s1. The van der Waals surface area contributed by atoms with E-state index in [-0.39, 0.29) is 11.5 Å². The van der Waals surface area contributed by atoms with Crippen molar-refractivity contribution in [1.82, 2.24) is 9.27 Å². The predicted molar refractivity (Wildman–Crippen MR) is 94.1 cm³/mol. The fourth-order valence-electron chi connectivity index (χ4n) is 2.33. The van der Waals surface area contributed by atoms with Crippen LogP contribution in [0.15, 0.2) is 53.3 Å². The van der Waals surface area contributed by atoms with Crippen molar-refractivity contribution in [3.63, 3.8) is 0 Å². The summed E-state index contributed by atoms with van der Waals surface area (Å²) in [5, 5.41) is 4.12. The van der Waals surface area contributed by atoms with Crippen LogP contribution in [0.1, 0.15) is 18.5 Å². The second-order valence-electron chi connectivity index (χ2n) is 5.24. The van der Waals surface area contributed by atoms with Gasteiger partial charge < -0.3 is 5.32 Å². The highest BCUT2D eigenvalue weighted by atomic mass is 35.5. The number of rotatable bonds is 4. The van der Waals surface area contributed by atoms with Gasteiger partial charge in [-0.25, -0.2) is 0 Å². The second-order valence-corrected chi connectivity index (χ2v) is 6.69. The molecule has 0 aliphatic heterocycles. The largest absolute Gasteiger partial charge is 0.350 e. The fraction of sp³-hybridized carbons (Fsp3) is 0.176. The number of hydrogen-bond acceptors (Lipinski definition) is 3. The Labute approximate surface area is 142 Å². The number of aromatic nitrogens is 1. The third kappa shape index (κ3) is 3.30. The molecule has 0 saturated heterocycles. The third-order valence-corrected chi connectivity index (χ3v) is 5.07. The normalized spacial score (nSPS) is 12.3. The lowest BCUT2D eigenvalue weighted by atomic mass is 10.2. The number of nitrogens with one attached hydrogen (secondary N) is 1. The topological polar surface area (TPSA) is 51.1 Å². The Bertz CT molecular complexity index is 916. The summed E-state index contributed by atoms with van der Waals surface area (Å²) >= 11 is 7.23. The number of benzene rings is 2. The summed E-state index contributed by atoms with van der Waals surface area (Å²) in [6.45, 7) is 2.10. The van der Waals surface area contributed by atoms with Gasteiger partial charge in [-0.2, -0.15) is 0 Å². The maximum absolute atomic E-state index is 12.4. The molecule has 6 heteroatoms. The van der Waals surface area contributed by atoms with Gasteiger partial charge in [0.2, 0.25) is 5.91 Å². The number of halogens is 1. The van der Waals surface area contributed by atoms with Crippen molar-refractivity contribution in [3.05, 3.63) is 69.5 Å². The van der Waals surface area contributed by atoms with Crippen LogP contribution in [0.4, 0.5) is 0 Å². The van der Waals surface area contributed by atoms with E-state index in [1.165, 1.54) is 15.5 Å². The number of carbonyl (C=O) groups excluding carboxylic acids is 1. The third-order valence-electron chi connectivity index (χ3n) is 3.60. The molecule has 1 amide bonds. The Balaban J connectivity index is 1.76. The number of hydrogen-bond donors (Lipinski definition) is 1. The molecule has 3 aromatic rings. The van der Waals surface area contributed by atoms with Crippen molar-refractivity contribution in [2.24, 2.45) is 0 Å². The Morgan fingerprint density at radius 1 is 1.26 bits per heavy atom. The Kier molecular flexibility index (Phi) is 4.50. The van der Waals surface area contributed by atoms with E-state index in [2.05, 4.69) is 5.32 Å². The SMILES string of the molecule is C[C@H](C(=O)NCc1cccc(Cl)c1)n1sc2ccccc2c1=O. The maximum Gasteiger partial charge on any atom is 0.269 e. The van der Waals surface area contributed by atoms with Crippen LogP contribution in [-0.2, 0) is 11.3 Å². The van der Waals surface area contributed by atoms with E-state index in [1.807, 2.05) is 30.3 Å². The second kappa shape index (κ2) is 6.56.